The van der Waals surface area contributed by atoms with Crippen LogP contribution in [0.1, 0.15) is 28.8 Å². The second kappa shape index (κ2) is 9.49. The van der Waals surface area contributed by atoms with Crippen molar-refractivity contribution >= 4 is 46.8 Å². The Morgan fingerprint density at radius 3 is 2.26 bits per heavy atom. The third-order valence-electron chi connectivity index (χ3n) is 4.35. The monoisotopic (exact) mass is 422 g/mol. The van der Waals surface area contributed by atoms with E-state index < -0.39 is 0 Å². The first kappa shape index (κ1) is 20.1. The fourth-order valence-corrected chi connectivity index (χ4v) is 4.39. The minimum Gasteiger partial charge on any atom is -0.351 e. The minimum absolute atomic E-state index is 0.0797. The van der Waals surface area contributed by atoms with Gasteiger partial charge in [0.1, 0.15) is 0 Å². The molecular weight excluding hydrogens is 403 g/mol. The molecule has 2 amide bonds. The van der Waals surface area contributed by atoms with Crippen LogP contribution in [0.15, 0.2) is 47.4 Å². The van der Waals surface area contributed by atoms with E-state index >= 15 is 0 Å². The van der Waals surface area contributed by atoms with Gasteiger partial charge in [-0.05, 0) is 42.7 Å². The van der Waals surface area contributed by atoms with E-state index in [1.807, 2.05) is 29.2 Å². The largest absolute Gasteiger partial charge is 0.351 e. The fourth-order valence-electron chi connectivity index (χ4n) is 2.88. The number of thioether (sulfide) groups is 1. The predicted molar refractivity (Wildman–Crippen MR) is 111 cm³/mol. The predicted octanol–water partition coefficient (Wildman–Crippen LogP) is 4.64. The highest BCUT2D eigenvalue weighted by Crippen LogP contribution is 2.33. The van der Waals surface area contributed by atoms with Crippen molar-refractivity contribution in [3.63, 3.8) is 0 Å². The maximum Gasteiger partial charge on any atom is 0.253 e. The number of rotatable bonds is 6. The van der Waals surface area contributed by atoms with Gasteiger partial charge in [0.25, 0.3) is 5.91 Å². The molecule has 0 saturated carbocycles. The molecule has 27 heavy (non-hydrogen) atoms. The molecule has 1 saturated heterocycles. The maximum absolute atomic E-state index is 12.3. The van der Waals surface area contributed by atoms with Gasteiger partial charge in [-0.2, -0.15) is 0 Å². The normalized spacial score (nSPS) is 13.6. The van der Waals surface area contributed by atoms with E-state index in [-0.39, 0.29) is 17.6 Å². The minimum atomic E-state index is -0.104. The highest BCUT2D eigenvalue weighted by atomic mass is 35.5. The van der Waals surface area contributed by atoms with Gasteiger partial charge in [0.2, 0.25) is 5.91 Å². The summed E-state index contributed by atoms with van der Waals surface area (Å²) in [6.45, 7) is 2.08. The van der Waals surface area contributed by atoms with E-state index in [4.69, 9.17) is 23.2 Å². The van der Waals surface area contributed by atoms with E-state index in [2.05, 4.69) is 5.32 Å². The molecule has 0 aromatic heterocycles. The Hall–Kier alpha value is -1.69. The van der Waals surface area contributed by atoms with Gasteiger partial charge in [-0.1, -0.05) is 41.4 Å². The van der Waals surface area contributed by atoms with Gasteiger partial charge in [-0.25, -0.2) is 0 Å². The lowest BCUT2D eigenvalue weighted by Gasteiger charge is -2.15. The summed E-state index contributed by atoms with van der Waals surface area (Å²) in [5.41, 5.74) is 1.64. The summed E-state index contributed by atoms with van der Waals surface area (Å²) in [6.07, 6.45) is 2.15. The first-order valence-electron chi connectivity index (χ1n) is 8.76. The summed E-state index contributed by atoms with van der Waals surface area (Å²) < 4.78 is 0. The molecular formula is C20H20Cl2N2O2S. The molecule has 142 valence electrons. The Morgan fingerprint density at radius 2 is 1.63 bits per heavy atom. The lowest BCUT2D eigenvalue weighted by Crippen LogP contribution is -2.27. The van der Waals surface area contributed by atoms with Crippen molar-refractivity contribution in [2.75, 3.05) is 18.8 Å². The van der Waals surface area contributed by atoms with Crippen molar-refractivity contribution in [2.24, 2.45) is 0 Å². The number of nitrogens with one attached hydrogen (secondary N) is 1. The lowest BCUT2D eigenvalue weighted by atomic mass is 10.1. The standard InChI is InChI=1S/C20H20Cl2N2O2S/c21-16-4-3-5-17(22)19(16)27-13-18(25)23-12-14-6-8-15(9-7-14)20(26)24-10-1-2-11-24/h3-9H,1-2,10-13H2,(H,23,25). The van der Waals surface area contributed by atoms with Crippen LogP contribution in [0.25, 0.3) is 0 Å². The number of carbonyl (C=O) groups is 2. The van der Waals surface area contributed by atoms with E-state index in [0.717, 1.165) is 31.5 Å². The smallest absolute Gasteiger partial charge is 0.253 e. The summed E-state index contributed by atoms with van der Waals surface area (Å²) in [7, 11) is 0. The Morgan fingerprint density at radius 1 is 1.00 bits per heavy atom. The topological polar surface area (TPSA) is 49.4 Å². The molecule has 3 rings (SSSR count). The van der Waals surface area contributed by atoms with Gasteiger partial charge in [0, 0.05) is 30.1 Å². The van der Waals surface area contributed by atoms with Crippen LogP contribution in [0.3, 0.4) is 0 Å². The van der Waals surface area contributed by atoms with Crippen LogP contribution in [0.4, 0.5) is 0 Å². The Bertz CT molecular complexity index is 801. The SMILES string of the molecule is O=C(CSc1c(Cl)cccc1Cl)NCc1ccc(C(=O)N2CCCC2)cc1. The molecule has 0 aliphatic carbocycles. The molecule has 2 aromatic carbocycles. The van der Waals surface area contributed by atoms with Crippen molar-refractivity contribution in [3.05, 3.63) is 63.6 Å². The third kappa shape index (κ3) is 5.41. The average molecular weight is 423 g/mol. The van der Waals surface area contributed by atoms with Crippen molar-refractivity contribution in [3.8, 4) is 0 Å². The third-order valence-corrected chi connectivity index (χ3v) is 6.34. The average Bonchev–Trinajstić information content (AvgIpc) is 3.20. The first-order valence-corrected chi connectivity index (χ1v) is 10.5. The Balaban J connectivity index is 1.48. The molecule has 1 aliphatic heterocycles. The van der Waals surface area contributed by atoms with Crippen LogP contribution in [0.5, 0.6) is 0 Å². The highest BCUT2D eigenvalue weighted by Gasteiger charge is 2.19. The zero-order valence-electron chi connectivity index (χ0n) is 14.7. The zero-order valence-corrected chi connectivity index (χ0v) is 17.0. The Kier molecular flexibility index (Phi) is 7.05. The fraction of sp³-hybridized carbons (Fsp3) is 0.300. The van der Waals surface area contributed by atoms with Gasteiger partial charge in [-0.3, -0.25) is 9.59 Å². The van der Waals surface area contributed by atoms with Gasteiger partial charge < -0.3 is 10.2 Å². The van der Waals surface area contributed by atoms with Crippen LogP contribution in [0.2, 0.25) is 10.0 Å². The van der Waals surface area contributed by atoms with E-state index in [1.54, 1.807) is 18.2 Å². The molecule has 1 aliphatic rings. The quantitative estimate of drug-likeness (QED) is 0.689. The van der Waals surface area contributed by atoms with Crippen molar-refractivity contribution in [2.45, 2.75) is 24.3 Å². The number of benzene rings is 2. The van der Waals surface area contributed by atoms with Crippen LogP contribution in [-0.2, 0) is 11.3 Å². The van der Waals surface area contributed by atoms with Gasteiger partial charge in [0.15, 0.2) is 0 Å². The summed E-state index contributed by atoms with van der Waals surface area (Å²) in [5, 5.41) is 3.95. The van der Waals surface area contributed by atoms with Gasteiger partial charge >= 0.3 is 0 Å². The molecule has 4 nitrogen and oxygen atoms in total. The number of halogens is 2. The Labute approximate surface area is 173 Å². The number of carbonyl (C=O) groups excluding carboxylic acids is 2. The molecule has 1 fully saturated rings. The van der Waals surface area contributed by atoms with Crippen molar-refractivity contribution < 1.29 is 9.59 Å². The zero-order chi connectivity index (χ0) is 19.2. The van der Waals surface area contributed by atoms with Gasteiger partial charge in [-0.15, -0.1) is 11.8 Å². The van der Waals surface area contributed by atoms with E-state index in [9.17, 15) is 9.59 Å². The molecule has 1 heterocycles. The molecule has 0 unspecified atom stereocenters. The number of nitrogens with zero attached hydrogens (tertiary/aromatic N) is 1. The molecule has 1 N–H and O–H groups in total. The summed E-state index contributed by atoms with van der Waals surface area (Å²) in [6, 6.07) is 12.7. The van der Waals surface area contributed by atoms with Crippen LogP contribution in [0, 0.1) is 0 Å². The summed E-state index contributed by atoms with van der Waals surface area (Å²) in [4.78, 5) is 27.0. The highest BCUT2D eigenvalue weighted by molar-refractivity contribution is 8.00. The van der Waals surface area contributed by atoms with Crippen LogP contribution < -0.4 is 5.32 Å². The number of hydrogen-bond acceptors (Lipinski definition) is 3. The molecule has 0 atom stereocenters. The van der Waals surface area contributed by atoms with Crippen molar-refractivity contribution in [1.82, 2.24) is 10.2 Å². The molecule has 0 bridgehead atoms. The second-order valence-corrected chi connectivity index (χ2v) is 8.11. The summed E-state index contributed by atoms with van der Waals surface area (Å²) in [5.74, 6) is 0.207. The van der Waals surface area contributed by atoms with Crippen LogP contribution >= 0.6 is 35.0 Å². The summed E-state index contributed by atoms with van der Waals surface area (Å²) >= 11 is 13.5. The van der Waals surface area contributed by atoms with E-state index in [1.165, 1.54) is 11.8 Å². The number of hydrogen-bond donors (Lipinski definition) is 1. The van der Waals surface area contributed by atoms with Crippen LogP contribution in [-0.4, -0.2) is 35.6 Å². The molecule has 0 radical (unpaired) electrons. The maximum atomic E-state index is 12.3. The van der Waals surface area contributed by atoms with E-state index in [0.29, 0.717) is 27.0 Å². The first-order chi connectivity index (χ1) is 13.0. The number of amides is 2. The molecule has 0 spiro atoms. The van der Waals surface area contributed by atoms with Crippen molar-refractivity contribution in [1.29, 1.82) is 0 Å². The second-order valence-electron chi connectivity index (χ2n) is 6.31. The van der Waals surface area contributed by atoms with Gasteiger partial charge in [0.05, 0.1) is 15.8 Å². The molecule has 2 aromatic rings. The molecule has 7 heteroatoms. The number of likely N-dealkylation sites (tertiary alicyclic amines) is 1. The lowest BCUT2D eigenvalue weighted by molar-refractivity contribution is -0.118.